The number of nitrogens with zero attached hydrogens (tertiary/aromatic N) is 8. The molecule has 196 valence electrons. The fourth-order valence-corrected chi connectivity index (χ4v) is 4.97. The first-order valence-corrected chi connectivity index (χ1v) is 12.1. The minimum atomic E-state index is -4.50. The third-order valence-electron chi connectivity index (χ3n) is 6.90. The van der Waals surface area contributed by atoms with Gasteiger partial charge in [0.25, 0.3) is 0 Å². The van der Waals surface area contributed by atoms with E-state index in [0.717, 1.165) is 10.4 Å². The third-order valence-corrected chi connectivity index (χ3v) is 6.90. The fraction of sp³-hybridized carbons (Fsp3) is 0.192. The van der Waals surface area contributed by atoms with Gasteiger partial charge in [0.05, 0.1) is 42.2 Å². The predicted molar refractivity (Wildman–Crippen MR) is 136 cm³/mol. The molecule has 7 rings (SSSR count). The van der Waals surface area contributed by atoms with Gasteiger partial charge in [-0.3, -0.25) is 0 Å². The zero-order chi connectivity index (χ0) is 26.7. The lowest BCUT2D eigenvalue weighted by Crippen LogP contribution is -2.35. The maximum Gasteiger partial charge on any atom is 0.410 e. The maximum absolute atomic E-state index is 14.2. The molecule has 10 nitrogen and oxygen atoms in total. The zero-order valence-corrected chi connectivity index (χ0v) is 20.4. The molecule has 0 fully saturated rings. The monoisotopic (exact) mass is 531 g/mol. The highest BCUT2D eigenvalue weighted by atomic mass is 19.4. The Kier molecular flexibility index (Phi) is 5.08. The van der Waals surface area contributed by atoms with Crippen LogP contribution in [0.2, 0.25) is 0 Å². The molecule has 6 aromatic rings. The van der Waals surface area contributed by atoms with Crippen LogP contribution in [0.25, 0.3) is 33.8 Å². The summed E-state index contributed by atoms with van der Waals surface area (Å²) in [6.45, 7) is 0. The van der Waals surface area contributed by atoms with Gasteiger partial charge in [0.2, 0.25) is 0 Å². The Morgan fingerprint density at radius 1 is 0.974 bits per heavy atom. The van der Waals surface area contributed by atoms with E-state index in [2.05, 4.69) is 30.6 Å². The van der Waals surface area contributed by atoms with Crippen molar-refractivity contribution in [2.24, 2.45) is 0 Å². The average molecular weight is 532 g/mol. The number of anilines is 1. The average Bonchev–Trinajstić information content (AvgIpc) is 3.68. The van der Waals surface area contributed by atoms with Gasteiger partial charge in [0, 0.05) is 6.42 Å². The Morgan fingerprint density at radius 2 is 1.77 bits per heavy atom. The van der Waals surface area contributed by atoms with Crippen molar-refractivity contribution in [2.75, 3.05) is 12.4 Å². The van der Waals surface area contributed by atoms with Gasteiger partial charge in [-0.25, -0.2) is 23.8 Å². The Labute approximate surface area is 218 Å². The number of benzene rings is 2. The number of aromatic nitrogens is 8. The summed E-state index contributed by atoms with van der Waals surface area (Å²) < 4.78 is 51.8. The quantitative estimate of drug-likeness (QED) is 0.342. The lowest BCUT2D eigenvalue weighted by molar-refractivity contribution is -0.173. The highest BCUT2D eigenvalue weighted by molar-refractivity contribution is 5.90. The molecule has 0 bridgehead atoms. The lowest BCUT2D eigenvalue weighted by Gasteiger charge is -2.34. The molecule has 0 radical (unpaired) electrons. The summed E-state index contributed by atoms with van der Waals surface area (Å²) in [7, 11) is 1.54. The van der Waals surface area contributed by atoms with Crippen molar-refractivity contribution in [3.63, 3.8) is 0 Å². The molecule has 1 aliphatic rings. The summed E-state index contributed by atoms with van der Waals surface area (Å²) in [5, 5.41) is 17.0. The largest absolute Gasteiger partial charge is 0.497 e. The van der Waals surface area contributed by atoms with E-state index in [0.29, 0.717) is 33.6 Å². The Balaban J connectivity index is 1.32. The summed E-state index contributed by atoms with van der Waals surface area (Å²) in [6, 6.07) is 14.1. The van der Waals surface area contributed by atoms with E-state index < -0.39 is 18.3 Å². The molecule has 5 heterocycles. The van der Waals surface area contributed by atoms with E-state index in [4.69, 9.17) is 4.74 Å². The van der Waals surface area contributed by atoms with Crippen LogP contribution >= 0.6 is 0 Å². The van der Waals surface area contributed by atoms with Crippen molar-refractivity contribution in [3.8, 4) is 22.8 Å². The summed E-state index contributed by atoms with van der Waals surface area (Å²) in [5.74, 6) is 1.04. The maximum atomic E-state index is 14.2. The number of hydrogen-bond donors (Lipinski definition) is 1. The van der Waals surface area contributed by atoms with Crippen LogP contribution in [0.5, 0.6) is 5.75 Å². The van der Waals surface area contributed by atoms with Crippen LogP contribution in [0.4, 0.5) is 19.0 Å². The van der Waals surface area contributed by atoms with Crippen molar-refractivity contribution < 1.29 is 17.9 Å². The summed E-state index contributed by atoms with van der Waals surface area (Å²) >= 11 is 0. The van der Waals surface area contributed by atoms with Crippen LogP contribution in [0.3, 0.4) is 0 Å². The predicted octanol–water partition coefficient (Wildman–Crippen LogP) is 5.00. The third kappa shape index (κ3) is 3.76. The molecule has 0 aliphatic carbocycles. The molecule has 1 N–H and O–H groups in total. The van der Waals surface area contributed by atoms with Crippen LogP contribution < -0.4 is 10.1 Å². The molecule has 39 heavy (non-hydrogen) atoms. The Morgan fingerprint density at radius 3 is 2.51 bits per heavy atom. The first kappa shape index (κ1) is 23.2. The normalized spacial score (nSPS) is 17.3. The number of hydrogen-bond acceptors (Lipinski definition) is 7. The molecule has 0 saturated heterocycles. The molecule has 0 saturated carbocycles. The van der Waals surface area contributed by atoms with Crippen LogP contribution in [0.15, 0.2) is 73.3 Å². The zero-order valence-electron chi connectivity index (χ0n) is 20.4. The van der Waals surface area contributed by atoms with Gasteiger partial charge in [-0.05, 0) is 29.8 Å². The van der Waals surface area contributed by atoms with Crippen molar-refractivity contribution in [1.29, 1.82) is 0 Å². The fourth-order valence-electron chi connectivity index (χ4n) is 4.97. The number of fused-ring (bicyclic) bond motifs is 4. The molecule has 1 aliphatic heterocycles. The first-order valence-electron chi connectivity index (χ1n) is 12.1. The van der Waals surface area contributed by atoms with Crippen LogP contribution in [0.1, 0.15) is 24.1 Å². The van der Waals surface area contributed by atoms with Gasteiger partial charge in [0.15, 0.2) is 23.2 Å². The Bertz CT molecular complexity index is 1810. The number of para-hydroxylation sites is 1. The molecule has 0 unspecified atom stereocenters. The first-order chi connectivity index (χ1) is 18.9. The van der Waals surface area contributed by atoms with E-state index in [-0.39, 0.29) is 18.1 Å². The number of alkyl halides is 3. The highest BCUT2D eigenvalue weighted by Gasteiger charge is 2.47. The summed E-state index contributed by atoms with van der Waals surface area (Å²) in [4.78, 5) is 9.18. The molecular formula is C26H20F3N9O. The number of nitrogens with one attached hydrogen (secondary N) is 1. The van der Waals surface area contributed by atoms with Crippen LogP contribution in [-0.4, -0.2) is 52.4 Å². The summed E-state index contributed by atoms with van der Waals surface area (Å²) in [5.41, 5.74) is 2.95. The van der Waals surface area contributed by atoms with E-state index in [1.54, 1.807) is 35.1 Å². The molecule has 4 aromatic heterocycles. The van der Waals surface area contributed by atoms with Gasteiger partial charge < -0.3 is 10.1 Å². The second kappa shape index (κ2) is 8.55. The highest BCUT2D eigenvalue weighted by Crippen LogP contribution is 2.46. The minimum absolute atomic E-state index is 0.199. The van der Waals surface area contributed by atoms with Gasteiger partial charge in [-0.1, -0.05) is 30.3 Å². The van der Waals surface area contributed by atoms with Gasteiger partial charge in [0.1, 0.15) is 17.9 Å². The van der Waals surface area contributed by atoms with Crippen molar-refractivity contribution in [3.05, 3.63) is 78.9 Å². The summed E-state index contributed by atoms with van der Waals surface area (Å²) in [6.07, 6.45) is -0.194. The second-order valence-electron chi connectivity index (χ2n) is 9.19. The van der Waals surface area contributed by atoms with Crippen LogP contribution in [0, 0.1) is 0 Å². The van der Waals surface area contributed by atoms with Crippen molar-refractivity contribution in [2.45, 2.75) is 24.7 Å². The molecule has 13 heteroatoms. The number of halogens is 3. The van der Waals surface area contributed by atoms with E-state index in [1.807, 2.05) is 30.3 Å². The smallest absolute Gasteiger partial charge is 0.410 e. The topological polar surface area (TPSA) is 100.0 Å². The number of rotatable bonds is 4. The Hall–Kier alpha value is -4.94. The molecule has 2 atom stereocenters. The van der Waals surface area contributed by atoms with E-state index in [9.17, 15) is 13.2 Å². The van der Waals surface area contributed by atoms with Gasteiger partial charge >= 0.3 is 6.18 Å². The van der Waals surface area contributed by atoms with Gasteiger partial charge in [-0.15, -0.1) is 5.10 Å². The van der Waals surface area contributed by atoms with E-state index in [1.165, 1.54) is 24.1 Å². The molecule has 0 spiro atoms. The molecule has 2 aromatic carbocycles. The molecular weight excluding hydrogens is 511 g/mol. The van der Waals surface area contributed by atoms with Gasteiger partial charge in [-0.2, -0.15) is 23.4 Å². The van der Waals surface area contributed by atoms with E-state index >= 15 is 0 Å². The van der Waals surface area contributed by atoms with Crippen molar-refractivity contribution in [1.82, 2.24) is 39.1 Å². The number of methoxy groups -OCH3 is 1. The standard InChI is InChI=1S/C26H20F3N9O/c1-39-17-9-7-15(8-10-17)20-11-21(26(27,28)29)38-25(33-20)18(12-32-38)22-34-24-19-13-31-37(16-5-3-2-4-6-16)23(19)30-14-36(24)35-22/h2-10,12-14,20-21,33H,11H2,1H3/t20-,21-/m0/s1. The second-order valence-corrected chi connectivity index (χ2v) is 9.19. The van der Waals surface area contributed by atoms with Crippen molar-refractivity contribution >= 4 is 22.5 Å². The van der Waals surface area contributed by atoms with Crippen LogP contribution in [-0.2, 0) is 0 Å². The SMILES string of the molecule is COc1ccc([C@@H]2C[C@@H](C(F)(F)F)n3ncc(-c4nc5c6cnn(-c7ccccc7)c6ncn5n4)c3N2)cc1. The lowest BCUT2D eigenvalue weighted by atomic mass is 9.96. The number of ether oxygens (including phenoxy) is 1. The molecule has 0 amide bonds. The minimum Gasteiger partial charge on any atom is -0.497 e.